The van der Waals surface area contributed by atoms with E-state index in [4.69, 9.17) is 14.3 Å². The zero-order valence-electron chi connectivity index (χ0n) is 20.1. The van der Waals surface area contributed by atoms with Crippen LogP contribution in [0, 0.1) is 11.8 Å². The topological polar surface area (TPSA) is 30.9 Å². The molecular formula is C25H43NO3. The second kappa shape index (κ2) is 9.47. The fraction of sp³-hybridized carbons (Fsp3) is 0.760. The van der Waals surface area contributed by atoms with Gasteiger partial charge in [-0.15, -0.1) is 0 Å². The van der Waals surface area contributed by atoms with Gasteiger partial charge >= 0.3 is 0 Å². The number of hydrogen-bond acceptors (Lipinski definition) is 4. The number of piperidine rings is 1. The maximum absolute atomic E-state index is 6.65. The van der Waals surface area contributed by atoms with E-state index in [1.54, 1.807) is 0 Å². The van der Waals surface area contributed by atoms with Crippen LogP contribution in [0.15, 0.2) is 30.3 Å². The molecular weight excluding hydrogens is 362 g/mol. The average Bonchev–Trinajstić information content (AvgIpc) is 2.64. The summed E-state index contributed by atoms with van der Waals surface area (Å²) in [5.74, 6) is 0.184. The molecule has 1 heterocycles. The summed E-state index contributed by atoms with van der Waals surface area (Å²) < 4.78 is 13.1. The van der Waals surface area contributed by atoms with Crippen molar-refractivity contribution in [3.63, 3.8) is 0 Å². The highest BCUT2D eigenvalue weighted by Gasteiger charge is 2.59. The van der Waals surface area contributed by atoms with Crippen LogP contribution in [0.25, 0.3) is 0 Å². The first-order valence-electron chi connectivity index (χ1n) is 11.2. The van der Waals surface area contributed by atoms with Crippen LogP contribution in [0.5, 0.6) is 0 Å². The number of hydrogen-bond donors (Lipinski definition) is 0. The molecule has 0 radical (unpaired) electrons. The van der Waals surface area contributed by atoms with Crippen LogP contribution in [0.1, 0.15) is 86.8 Å². The van der Waals surface area contributed by atoms with Crippen molar-refractivity contribution in [1.29, 1.82) is 0 Å². The van der Waals surface area contributed by atoms with Gasteiger partial charge in [0.05, 0.1) is 18.8 Å². The Morgan fingerprint density at radius 3 is 1.83 bits per heavy atom. The quantitative estimate of drug-likeness (QED) is 0.446. The third kappa shape index (κ3) is 5.61. The number of rotatable bonds is 9. The smallest absolute Gasteiger partial charge is 0.188 e. The van der Waals surface area contributed by atoms with Crippen LogP contribution in [0.2, 0.25) is 0 Å². The Kier molecular flexibility index (Phi) is 7.94. The van der Waals surface area contributed by atoms with E-state index in [0.29, 0.717) is 25.0 Å². The first kappa shape index (κ1) is 24.3. The predicted molar refractivity (Wildman–Crippen MR) is 119 cm³/mol. The lowest BCUT2D eigenvalue weighted by atomic mass is 9.76. The molecule has 1 fully saturated rings. The highest BCUT2D eigenvalue weighted by molar-refractivity contribution is 5.17. The molecule has 1 atom stereocenters. The average molecular weight is 406 g/mol. The Labute approximate surface area is 178 Å². The van der Waals surface area contributed by atoms with Gasteiger partial charge in [0.2, 0.25) is 0 Å². The minimum absolute atomic E-state index is 0.0549. The van der Waals surface area contributed by atoms with E-state index >= 15 is 0 Å². The first-order valence-corrected chi connectivity index (χ1v) is 11.2. The van der Waals surface area contributed by atoms with Gasteiger partial charge in [0.1, 0.15) is 6.10 Å². The van der Waals surface area contributed by atoms with E-state index in [1.807, 2.05) is 6.07 Å². The Bertz CT molecular complexity index is 607. The molecule has 1 aliphatic rings. The maximum Gasteiger partial charge on any atom is 0.188 e. The Balaban J connectivity index is 2.36. The van der Waals surface area contributed by atoms with Crippen molar-refractivity contribution in [1.82, 2.24) is 5.06 Å². The third-order valence-corrected chi connectivity index (χ3v) is 5.89. The molecule has 0 saturated carbocycles. The molecule has 29 heavy (non-hydrogen) atoms. The van der Waals surface area contributed by atoms with Gasteiger partial charge in [0.15, 0.2) is 5.79 Å². The van der Waals surface area contributed by atoms with Crippen LogP contribution in [-0.2, 0) is 14.3 Å². The second-order valence-electron chi connectivity index (χ2n) is 10.5. The molecule has 1 unspecified atom stereocenters. The van der Waals surface area contributed by atoms with E-state index in [0.717, 1.165) is 12.8 Å². The predicted octanol–water partition coefficient (Wildman–Crippen LogP) is 6.37. The van der Waals surface area contributed by atoms with Crippen LogP contribution < -0.4 is 0 Å². The molecule has 4 heteroatoms. The molecule has 1 saturated heterocycles. The Morgan fingerprint density at radius 2 is 1.34 bits per heavy atom. The van der Waals surface area contributed by atoms with Crippen molar-refractivity contribution in [3.8, 4) is 0 Å². The zero-order chi connectivity index (χ0) is 21.9. The molecule has 0 spiro atoms. The summed E-state index contributed by atoms with van der Waals surface area (Å²) in [5.41, 5.74) is 0.585. The van der Waals surface area contributed by atoms with E-state index in [1.165, 1.54) is 5.56 Å². The lowest BCUT2D eigenvalue weighted by Crippen LogP contribution is -2.72. The molecule has 0 bridgehead atoms. The molecule has 0 amide bonds. The van der Waals surface area contributed by atoms with Gasteiger partial charge in [-0.05, 0) is 58.4 Å². The van der Waals surface area contributed by atoms with Gasteiger partial charge < -0.3 is 9.47 Å². The standard InChI is InChI=1S/C25H43NO3/c1-19(2)17-27-25(28-18-20(3)4)16-15-23(6,7)26(24(25,8)9)29-21(5)22-13-11-10-12-14-22/h10-14,19-21H,15-18H2,1-9H3. The molecule has 4 nitrogen and oxygen atoms in total. The first-order chi connectivity index (χ1) is 13.4. The van der Waals surface area contributed by atoms with Gasteiger partial charge in [-0.2, -0.15) is 5.06 Å². The number of benzene rings is 1. The normalized spacial score (nSPS) is 22.2. The summed E-state index contributed by atoms with van der Waals surface area (Å²) >= 11 is 0. The molecule has 2 rings (SSSR count). The molecule has 1 aromatic rings. The minimum Gasteiger partial charge on any atom is -0.348 e. The van der Waals surface area contributed by atoms with E-state index in [9.17, 15) is 0 Å². The van der Waals surface area contributed by atoms with Crippen molar-refractivity contribution < 1.29 is 14.3 Å². The van der Waals surface area contributed by atoms with Crippen LogP contribution in [0.4, 0.5) is 0 Å². The number of hydroxylamine groups is 2. The van der Waals surface area contributed by atoms with Crippen molar-refractivity contribution in [3.05, 3.63) is 35.9 Å². The van der Waals surface area contributed by atoms with Crippen molar-refractivity contribution in [2.24, 2.45) is 11.8 Å². The lowest BCUT2D eigenvalue weighted by molar-refractivity contribution is -0.404. The summed E-state index contributed by atoms with van der Waals surface area (Å²) in [4.78, 5) is 6.65. The summed E-state index contributed by atoms with van der Waals surface area (Å²) in [6.45, 7) is 21.1. The molecule has 0 aromatic heterocycles. The largest absolute Gasteiger partial charge is 0.348 e. The van der Waals surface area contributed by atoms with Gasteiger partial charge in [-0.25, -0.2) is 0 Å². The van der Waals surface area contributed by atoms with Crippen molar-refractivity contribution in [2.75, 3.05) is 13.2 Å². The fourth-order valence-corrected chi connectivity index (χ4v) is 4.15. The van der Waals surface area contributed by atoms with Gasteiger partial charge in [-0.1, -0.05) is 58.0 Å². The van der Waals surface area contributed by atoms with E-state index < -0.39 is 11.3 Å². The van der Waals surface area contributed by atoms with Crippen LogP contribution in [0.3, 0.4) is 0 Å². The fourth-order valence-electron chi connectivity index (χ4n) is 4.15. The molecule has 1 aliphatic heterocycles. The Morgan fingerprint density at radius 1 is 0.828 bits per heavy atom. The minimum atomic E-state index is -0.701. The maximum atomic E-state index is 6.65. The summed E-state index contributed by atoms with van der Waals surface area (Å²) in [6, 6.07) is 10.4. The van der Waals surface area contributed by atoms with E-state index in [2.05, 4.69) is 91.6 Å². The molecule has 166 valence electrons. The summed E-state index contributed by atoms with van der Waals surface area (Å²) in [5, 5.41) is 2.15. The van der Waals surface area contributed by atoms with Crippen molar-refractivity contribution >= 4 is 0 Å². The van der Waals surface area contributed by atoms with Crippen molar-refractivity contribution in [2.45, 2.75) is 98.1 Å². The lowest BCUT2D eigenvalue weighted by Gasteiger charge is -2.60. The van der Waals surface area contributed by atoms with Gasteiger partial charge in [-0.3, -0.25) is 4.84 Å². The summed E-state index contributed by atoms with van der Waals surface area (Å²) in [7, 11) is 0. The number of nitrogens with zero attached hydrogens (tertiary/aromatic N) is 1. The molecule has 0 N–H and O–H groups in total. The van der Waals surface area contributed by atoms with Crippen LogP contribution >= 0.6 is 0 Å². The third-order valence-electron chi connectivity index (χ3n) is 5.89. The number of ether oxygens (including phenoxy) is 2. The van der Waals surface area contributed by atoms with Gasteiger partial charge in [0.25, 0.3) is 0 Å². The highest BCUT2D eigenvalue weighted by Crippen LogP contribution is 2.48. The SMILES string of the molecule is CC(C)COC1(OCC(C)C)CCC(C)(C)N(OC(C)c2ccccc2)C1(C)C. The molecule has 1 aromatic carbocycles. The highest BCUT2D eigenvalue weighted by atomic mass is 16.7. The van der Waals surface area contributed by atoms with Gasteiger partial charge in [0, 0.05) is 12.0 Å². The molecule has 0 aliphatic carbocycles. The monoisotopic (exact) mass is 405 g/mol. The van der Waals surface area contributed by atoms with E-state index in [-0.39, 0.29) is 11.6 Å². The Hall–Kier alpha value is -0.940. The van der Waals surface area contributed by atoms with Crippen LogP contribution in [-0.4, -0.2) is 35.1 Å². The zero-order valence-corrected chi connectivity index (χ0v) is 20.1. The summed E-state index contributed by atoms with van der Waals surface area (Å²) in [6.07, 6.45) is 1.74. The second-order valence-corrected chi connectivity index (χ2v) is 10.5.